The molecule has 1 heterocycles. The largest absolute Gasteiger partial charge is 0.457 e. The Labute approximate surface area is 80.5 Å². The van der Waals surface area contributed by atoms with Crippen molar-refractivity contribution in [2.75, 3.05) is 0 Å². The third-order valence-corrected chi connectivity index (χ3v) is 3.00. The summed E-state index contributed by atoms with van der Waals surface area (Å²) in [6.07, 6.45) is 0. The first-order valence-electron chi connectivity index (χ1n) is 3.82. The highest BCUT2D eigenvalue weighted by atomic mass is 32.2. The van der Waals surface area contributed by atoms with Crippen LogP contribution in [-0.2, 0) is 21.4 Å². The molecule has 0 aliphatic carbocycles. The summed E-state index contributed by atoms with van der Waals surface area (Å²) in [4.78, 5) is 11.0. The molecule has 2 rings (SSSR count). The second kappa shape index (κ2) is 2.79. The van der Waals surface area contributed by atoms with Gasteiger partial charge in [-0.2, -0.15) is 0 Å². The Morgan fingerprint density at radius 2 is 2.07 bits per heavy atom. The molecular formula is C8H7NO4S. The summed E-state index contributed by atoms with van der Waals surface area (Å²) in [7, 11) is -3.78. The van der Waals surface area contributed by atoms with Gasteiger partial charge in [-0.15, -0.1) is 0 Å². The molecule has 1 aromatic carbocycles. The molecule has 0 radical (unpaired) electrons. The van der Waals surface area contributed by atoms with Crippen LogP contribution in [0.3, 0.4) is 0 Å². The van der Waals surface area contributed by atoms with Gasteiger partial charge < -0.3 is 4.74 Å². The second-order valence-corrected chi connectivity index (χ2v) is 4.43. The number of sulfonamides is 1. The van der Waals surface area contributed by atoms with Crippen LogP contribution in [0.25, 0.3) is 0 Å². The predicted octanol–water partition coefficient (Wildman–Crippen LogP) is 0.00440. The van der Waals surface area contributed by atoms with Crippen molar-refractivity contribution in [1.29, 1.82) is 0 Å². The van der Waals surface area contributed by atoms with Gasteiger partial charge in [0.1, 0.15) is 6.61 Å². The lowest BCUT2D eigenvalue weighted by Gasteiger charge is -2.01. The molecule has 6 heteroatoms. The van der Waals surface area contributed by atoms with Crippen LogP contribution in [0.4, 0.5) is 0 Å². The second-order valence-electron chi connectivity index (χ2n) is 2.90. The zero-order valence-electron chi connectivity index (χ0n) is 7.06. The molecule has 2 N–H and O–H groups in total. The van der Waals surface area contributed by atoms with E-state index in [4.69, 9.17) is 9.88 Å². The van der Waals surface area contributed by atoms with E-state index in [1.165, 1.54) is 18.2 Å². The number of primary sulfonamides is 1. The zero-order valence-corrected chi connectivity index (χ0v) is 7.87. The van der Waals surface area contributed by atoms with Crippen LogP contribution < -0.4 is 5.14 Å². The topological polar surface area (TPSA) is 86.5 Å². The molecule has 1 aliphatic rings. The van der Waals surface area contributed by atoms with E-state index in [0.29, 0.717) is 5.56 Å². The van der Waals surface area contributed by atoms with E-state index in [2.05, 4.69) is 0 Å². The number of carbonyl (C=O) groups is 1. The van der Waals surface area contributed by atoms with Gasteiger partial charge in [0, 0.05) is 5.56 Å². The summed E-state index contributed by atoms with van der Waals surface area (Å²) in [6, 6.07) is 4.33. The molecule has 1 aromatic rings. The van der Waals surface area contributed by atoms with E-state index in [1.807, 2.05) is 0 Å². The lowest BCUT2D eigenvalue weighted by atomic mass is 10.1. The van der Waals surface area contributed by atoms with Crippen molar-refractivity contribution in [1.82, 2.24) is 0 Å². The Balaban J connectivity index is 2.73. The standard InChI is InChI=1S/C8H7NO4S/c9-14(11,12)7-3-1-2-5-6(7)4-13-8(5)10/h1-3H,4H2,(H2,9,11,12). The normalized spacial score (nSPS) is 15.1. The summed E-state index contributed by atoms with van der Waals surface area (Å²) in [5.74, 6) is -0.509. The summed E-state index contributed by atoms with van der Waals surface area (Å²) < 4.78 is 26.9. The first kappa shape index (κ1) is 9.17. The van der Waals surface area contributed by atoms with Crippen molar-refractivity contribution in [3.05, 3.63) is 29.3 Å². The van der Waals surface area contributed by atoms with Gasteiger partial charge in [-0.25, -0.2) is 18.4 Å². The van der Waals surface area contributed by atoms with Crippen LogP contribution >= 0.6 is 0 Å². The van der Waals surface area contributed by atoms with Crippen LogP contribution in [-0.4, -0.2) is 14.4 Å². The molecule has 1 aliphatic heterocycles. The first-order valence-corrected chi connectivity index (χ1v) is 5.36. The number of nitrogens with two attached hydrogens (primary N) is 1. The number of carbonyl (C=O) groups excluding carboxylic acids is 1. The number of fused-ring (bicyclic) bond motifs is 1. The van der Waals surface area contributed by atoms with Crippen molar-refractivity contribution in [2.24, 2.45) is 5.14 Å². The number of ether oxygens (including phenoxy) is 1. The third-order valence-electron chi connectivity index (χ3n) is 2.01. The zero-order chi connectivity index (χ0) is 10.3. The van der Waals surface area contributed by atoms with E-state index in [9.17, 15) is 13.2 Å². The Kier molecular flexibility index (Phi) is 1.83. The lowest BCUT2D eigenvalue weighted by molar-refractivity contribution is 0.0534. The van der Waals surface area contributed by atoms with Gasteiger partial charge in [0.05, 0.1) is 10.5 Å². The minimum Gasteiger partial charge on any atom is -0.457 e. The van der Waals surface area contributed by atoms with Crippen molar-refractivity contribution in [3.8, 4) is 0 Å². The van der Waals surface area contributed by atoms with E-state index < -0.39 is 16.0 Å². The fourth-order valence-electron chi connectivity index (χ4n) is 1.39. The maximum absolute atomic E-state index is 11.1. The van der Waals surface area contributed by atoms with E-state index >= 15 is 0 Å². The van der Waals surface area contributed by atoms with Crippen LogP contribution in [0, 0.1) is 0 Å². The summed E-state index contributed by atoms with van der Waals surface area (Å²) in [5, 5.41) is 4.98. The number of rotatable bonds is 1. The number of benzene rings is 1. The highest BCUT2D eigenvalue weighted by molar-refractivity contribution is 7.89. The van der Waals surface area contributed by atoms with E-state index in [-0.39, 0.29) is 17.1 Å². The average molecular weight is 213 g/mol. The summed E-state index contributed by atoms with van der Waals surface area (Å²) in [6.45, 7) is -0.0270. The number of hydrogen-bond donors (Lipinski definition) is 1. The number of hydrogen-bond acceptors (Lipinski definition) is 4. The fourth-order valence-corrected chi connectivity index (χ4v) is 2.17. The fraction of sp³-hybridized carbons (Fsp3) is 0.125. The molecule has 0 bridgehead atoms. The van der Waals surface area contributed by atoms with Crippen molar-refractivity contribution in [3.63, 3.8) is 0 Å². The smallest absolute Gasteiger partial charge is 0.338 e. The van der Waals surface area contributed by atoms with Gasteiger partial charge in [-0.05, 0) is 12.1 Å². The van der Waals surface area contributed by atoms with Crippen LogP contribution in [0.2, 0.25) is 0 Å². The Bertz CT molecular complexity index is 506. The van der Waals surface area contributed by atoms with Gasteiger partial charge in [0.15, 0.2) is 0 Å². The third kappa shape index (κ3) is 1.28. The van der Waals surface area contributed by atoms with Crippen LogP contribution in [0.1, 0.15) is 15.9 Å². The molecule has 0 atom stereocenters. The maximum atomic E-state index is 11.1. The molecule has 74 valence electrons. The molecule has 0 saturated carbocycles. The van der Waals surface area contributed by atoms with E-state index in [0.717, 1.165) is 0 Å². The van der Waals surface area contributed by atoms with E-state index in [1.54, 1.807) is 0 Å². The van der Waals surface area contributed by atoms with Gasteiger partial charge in [-0.3, -0.25) is 0 Å². The molecule has 0 amide bonds. The van der Waals surface area contributed by atoms with Crippen molar-refractivity contribution >= 4 is 16.0 Å². The first-order chi connectivity index (χ1) is 6.50. The Morgan fingerprint density at radius 1 is 1.36 bits per heavy atom. The molecule has 0 saturated heterocycles. The summed E-state index contributed by atoms with van der Waals surface area (Å²) in [5.41, 5.74) is 0.622. The molecule has 0 fully saturated rings. The van der Waals surface area contributed by atoms with Gasteiger partial charge >= 0.3 is 5.97 Å². The van der Waals surface area contributed by atoms with Crippen molar-refractivity contribution in [2.45, 2.75) is 11.5 Å². The van der Waals surface area contributed by atoms with Crippen LogP contribution in [0.5, 0.6) is 0 Å². The molecule has 5 nitrogen and oxygen atoms in total. The molecule has 0 unspecified atom stereocenters. The monoisotopic (exact) mass is 213 g/mol. The van der Waals surface area contributed by atoms with Crippen LogP contribution in [0.15, 0.2) is 23.1 Å². The average Bonchev–Trinajstić information content (AvgIpc) is 2.46. The minimum atomic E-state index is -3.78. The predicted molar refractivity (Wildman–Crippen MR) is 46.9 cm³/mol. The quantitative estimate of drug-likeness (QED) is 0.665. The maximum Gasteiger partial charge on any atom is 0.338 e. The number of cyclic esters (lactones) is 1. The lowest BCUT2D eigenvalue weighted by Crippen LogP contribution is -2.14. The van der Waals surface area contributed by atoms with Gasteiger partial charge in [0.25, 0.3) is 0 Å². The molecule has 14 heavy (non-hydrogen) atoms. The summed E-state index contributed by atoms with van der Waals surface area (Å²) >= 11 is 0. The highest BCUT2D eigenvalue weighted by Crippen LogP contribution is 2.25. The minimum absolute atomic E-state index is 0.0270. The Morgan fingerprint density at radius 3 is 2.71 bits per heavy atom. The highest BCUT2D eigenvalue weighted by Gasteiger charge is 2.27. The molecule has 0 aromatic heterocycles. The van der Waals surface area contributed by atoms with Crippen molar-refractivity contribution < 1.29 is 17.9 Å². The van der Waals surface area contributed by atoms with Gasteiger partial charge in [-0.1, -0.05) is 6.07 Å². The van der Waals surface area contributed by atoms with Gasteiger partial charge in [0.2, 0.25) is 10.0 Å². The Hall–Kier alpha value is -1.40. The SMILES string of the molecule is NS(=O)(=O)c1cccc2c1COC2=O. The molecule has 0 spiro atoms. The number of esters is 1. The molecular weight excluding hydrogens is 206 g/mol.